The van der Waals surface area contributed by atoms with E-state index in [1.165, 1.54) is 32.1 Å². The first kappa shape index (κ1) is 11.9. The van der Waals surface area contributed by atoms with Crippen molar-refractivity contribution in [3.05, 3.63) is 0 Å². The third kappa shape index (κ3) is 3.48. The molecule has 0 bridgehead atoms. The summed E-state index contributed by atoms with van der Waals surface area (Å²) in [5, 5.41) is 3.01. The van der Waals surface area contributed by atoms with Gasteiger partial charge in [0.05, 0.1) is 0 Å². The fraction of sp³-hybridized carbons (Fsp3) is 0.923. The molecule has 0 heterocycles. The van der Waals surface area contributed by atoms with E-state index in [0.717, 1.165) is 32.2 Å². The van der Waals surface area contributed by atoms with Gasteiger partial charge in [-0.1, -0.05) is 19.3 Å². The second-order valence-corrected chi connectivity index (χ2v) is 5.59. The summed E-state index contributed by atoms with van der Waals surface area (Å²) in [5.41, 5.74) is 6.41. The molecule has 2 aliphatic carbocycles. The molecule has 3 N–H and O–H groups in total. The van der Waals surface area contributed by atoms with E-state index in [-0.39, 0.29) is 11.4 Å². The van der Waals surface area contributed by atoms with Gasteiger partial charge in [0.1, 0.15) is 0 Å². The summed E-state index contributed by atoms with van der Waals surface area (Å²) < 4.78 is 0. The predicted octanol–water partition coefficient (Wildman–Crippen LogP) is 1.95. The van der Waals surface area contributed by atoms with Crippen molar-refractivity contribution in [2.75, 3.05) is 6.54 Å². The summed E-state index contributed by atoms with van der Waals surface area (Å²) in [6.07, 6.45) is 10.5. The molecule has 92 valence electrons. The highest BCUT2D eigenvalue weighted by Gasteiger charge is 2.30. The van der Waals surface area contributed by atoms with Crippen LogP contribution >= 0.6 is 0 Å². The minimum absolute atomic E-state index is 0.0720. The second kappa shape index (κ2) is 5.17. The SMILES string of the molecule is NC1(CCCNC(=O)C2CC2)CCCCC1. The summed E-state index contributed by atoms with van der Waals surface area (Å²) in [6.45, 7) is 0.814. The van der Waals surface area contributed by atoms with Crippen LogP contribution in [0.1, 0.15) is 57.8 Å². The third-order valence-electron chi connectivity index (χ3n) is 3.95. The van der Waals surface area contributed by atoms with Crippen LogP contribution in [-0.4, -0.2) is 18.0 Å². The lowest BCUT2D eigenvalue weighted by molar-refractivity contribution is -0.122. The van der Waals surface area contributed by atoms with Gasteiger partial charge in [-0.05, 0) is 38.5 Å². The first-order chi connectivity index (χ1) is 7.70. The van der Waals surface area contributed by atoms with E-state index in [9.17, 15) is 4.79 Å². The molecule has 2 rings (SSSR count). The first-order valence-electron chi connectivity index (χ1n) is 6.76. The van der Waals surface area contributed by atoms with E-state index in [1.54, 1.807) is 0 Å². The van der Waals surface area contributed by atoms with E-state index >= 15 is 0 Å². The molecule has 0 aliphatic heterocycles. The predicted molar refractivity (Wildman–Crippen MR) is 65.0 cm³/mol. The monoisotopic (exact) mass is 224 g/mol. The Morgan fingerprint density at radius 2 is 1.94 bits per heavy atom. The highest BCUT2D eigenvalue weighted by molar-refractivity contribution is 5.80. The van der Waals surface area contributed by atoms with E-state index in [1.807, 2.05) is 0 Å². The van der Waals surface area contributed by atoms with Crippen LogP contribution in [-0.2, 0) is 4.79 Å². The van der Waals surface area contributed by atoms with Gasteiger partial charge in [0.25, 0.3) is 0 Å². The van der Waals surface area contributed by atoms with Crippen LogP contribution in [0.3, 0.4) is 0 Å². The molecule has 0 aromatic heterocycles. The van der Waals surface area contributed by atoms with E-state index in [2.05, 4.69) is 5.32 Å². The minimum atomic E-state index is 0.0720. The standard InChI is InChI=1S/C13H24N2O/c14-13(7-2-1-3-8-13)9-4-10-15-12(16)11-5-6-11/h11H,1-10,14H2,(H,15,16). The first-order valence-corrected chi connectivity index (χ1v) is 6.76. The quantitative estimate of drug-likeness (QED) is 0.701. The normalized spacial score (nSPS) is 24.1. The van der Waals surface area contributed by atoms with Crippen molar-refractivity contribution in [3.63, 3.8) is 0 Å². The molecule has 2 aliphatic rings. The fourth-order valence-electron chi connectivity index (χ4n) is 2.65. The Bertz CT molecular complexity index is 242. The average Bonchev–Trinajstić information content (AvgIpc) is 3.09. The zero-order valence-electron chi connectivity index (χ0n) is 10.1. The largest absolute Gasteiger partial charge is 0.356 e. The number of rotatable bonds is 5. The van der Waals surface area contributed by atoms with Gasteiger partial charge in [-0.15, -0.1) is 0 Å². The Morgan fingerprint density at radius 3 is 2.56 bits per heavy atom. The summed E-state index contributed by atoms with van der Waals surface area (Å²) >= 11 is 0. The van der Waals surface area contributed by atoms with E-state index in [0.29, 0.717) is 5.92 Å². The van der Waals surface area contributed by atoms with Crippen molar-refractivity contribution in [1.29, 1.82) is 0 Å². The average molecular weight is 224 g/mol. The number of hydrogen-bond acceptors (Lipinski definition) is 2. The van der Waals surface area contributed by atoms with E-state index in [4.69, 9.17) is 5.73 Å². The van der Waals surface area contributed by atoms with Gasteiger partial charge in [-0.25, -0.2) is 0 Å². The van der Waals surface area contributed by atoms with Crippen molar-refractivity contribution in [2.45, 2.75) is 63.3 Å². The van der Waals surface area contributed by atoms with E-state index < -0.39 is 0 Å². The zero-order chi connectivity index (χ0) is 11.4. The lowest BCUT2D eigenvalue weighted by atomic mass is 9.79. The summed E-state index contributed by atoms with van der Waals surface area (Å²) in [7, 11) is 0. The van der Waals surface area contributed by atoms with Crippen LogP contribution in [0, 0.1) is 5.92 Å². The maximum absolute atomic E-state index is 11.4. The third-order valence-corrected chi connectivity index (χ3v) is 3.95. The van der Waals surface area contributed by atoms with Crippen LogP contribution in [0.15, 0.2) is 0 Å². The van der Waals surface area contributed by atoms with Gasteiger partial charge in [-0.3, -0.25) is 4.79 Å². The number of nitrogens with two attached hydrogens (primary N) is 1. The summed E-state index contributed by atoms with van der Waals surface area (Å²) in [5.74, 6) is 0.594. The number of hydrogen-bond donors (Lipinski definition) is 2. The molecule has 2 fully saturated rings. The van der Waals surface area contributed by atoms with Crippen molar-refractivity contribution < 1.29 is 4.79 Å². The number of amides is 1. The molecule has 0 aromatic rings. The maximum atomic E-state index is 11.4. The highest BCUT2D eigenvalue weighted by Crippen LogP contribution is 2.30. The second-order valence-electron chi connectivity index (χ2n) is 5.59. The Hall–Kier alpha value is -0.570. The molecular formula is C13H24N2O. The topological polar surface area (TPSA) is 55.1 Å². The van der Waals surface area contributed by atoms with Crippen LogP contribution in [0.25, 0.3) is 0 Å². The van der Waals surface area contributed by atoms with Crippen LogP contribution in [0.2, 0.25) is 0 Å². The Morgan fingerprint density at radius 1 is 1.25 bits per heavy atom. The molecule has 0 atom stereocenters. The lowest BCUT2D eigenvalue weighted by Crippen LogP contribution is -2.42. The molecule has 3 nitrogen and oxygen atoms in total. The molecule has 0 unspecified atom stereocenters. The molecule has 3 heteroatoms. The van der Waals surface area contributed by atoms with Gasteiger partial charge < -0.3 is 11.1 Å². The summed E-state index contributed by atoms with van der Waals surface area (Å²) in [6, 6.07) is 0. The van der Waals surface area contributed by atoms with Crippen molar-refractivity contribution in [1.82, 2.24) is 5.32 Å². The summed E-state index contributed by atoms with van der Waals surface area (Å²) in [4.78, 5) is 11.4. The lowest BCUT2D eigenvalue weighted by Gasteiger charge is -2.33. The van der Waals surface area contributed by atoms with Crippen LogP contribution < -0.4 is 11.1 Å². The zero-order valence-corrected chi connectivity index (χ0v) is 10.1. The number of nitrogens with one attached hydrogen (secondary N) is 1. The van der Waals surface area contributed by atoms with Gasteiger partial charge >= 0.3 is 0 Å². The molecule has 0 spiro atoms. The fourth-order valence-corrected chi connectivity index (χ4v) is 2.65. The Kier molecular flexibility index (Phi) is 3.85. The maximum Gasteiger partial charge on any atom is 0.223 e. The smallest absolute Gasteiger partial charge is 0.223 e. The minimum Gasteiger partial charge on any atom is -0.356 e. The van der Waals surface area contributed by atoms with Gasteiger partial charge in [0, 0.05) is 18.0 Å². The van der Waals surface area contributed by atoms with Gasteiger partial charge in [-0.2, -0.15) is 0 Å². The highest BCUT2D eigenvalue weighted by atomic mass is 16.2. The van der Waals surface area contributed by atoms with Crippen LogP contribution in [0.5, 0.6) is 0 Å². The van der Waals surface area contributed by atoms with Crippen molar-refractivity contribution in [3.8, 4) is 0 Å². The molecule has 1 amide bonds. The molecule has 0 radical (unpaired) electrons. The molecular weight excluding hydrogens is 200 g/mol. The van der Waals surface area contributed by atoms with Crippen molar-refractivity contribution in [2.24, 2.45) is 11.7 Å². The molecule has 2 saturated carbocycles. The van der Waals surface area contributed by atoms with Gasteiger partial charge in [0.2, 0.25) is 5.91 Å². The number of carbonyl (C=O) groups excluding carboxylic acids is 1. The Labute approximate surface area is 98.2 Å². The van der Waals surface area contributed by atoms with Gasteiger partial charge in [0.15, 0.2) is 0 Å². The van der Waals surface area contributed by atoms with Crippen molar-refractivity contribution >= 4 is 5.91 Å². The number of carbonyl (C=O) groups is 1. The Balaban J connectivity index is 1.57. The molecule has 0 aromatic carbocycles. The molecule has 16 heavy (non-hydrogen) atoms. The molecule has 0 saturated heterocycles. The van der Waals surface area contributed by atoms with Crippen LogP contribution in [0.4, 0.5) is 0 Å².